The third kappa shape index (κ3) is 4.50. The summed E-state index contributed by atoms with van der Waals surface area (Å²) >= 11 is 0. The molecule has 5 nitrogen and oxygen atoms in total. The Balaban J connectivity index is 2.10. The number of aromatic nitrogens is 2. The summed E-state index contributed by atoms with van der Waals surface area (Å²) in [6.45, 7) is 8.70. The van der Waals surface area contributed by atoms with Crippen molar-refractivity contribution in [3.63, 3.8) is 0 Å². The standard InChI is InChI=1S/C17H28N4O/c1-12(2)21-9-5-6-14(11-21)16-10-15(19-13(3)20-16)7-8-17(22)18-4/h10,12,14H,5-9,11H2,1-4H3,(H,18,22)/t14-/m1/s1. The van der Waals surface area contributed by atoms with Crippen molar-refractivity contribution in [1.29, 1.82) is 0 Å². The van der Waals surface area contributed by atoms with Crippen LogP contribution in [0.15, 0.2) is 6.07 Å². The molecule has 0 aromatic carbocycles. The van der Waals surface area contributed by atoms with E-state index in [4.69, 9.17) is 0 Å². The lowest BCUT2D eigenvalue weighted by Crippen LogP contribution is -2.39. The van der Waals surface area contributed by atoms with Crippen LogP contribution in [0.25, 0.3) is 0 Å². The predicted molar refractivity (Wildman–Crippen MR) is 87.8 cm³/mol. The van der Waals surface area contributed by atoms with Crippen LogP contribution in [0.2, 0.25) is 0 Å². The van der Waals surface area contributed by atoms with Crippen molar-refractivity contribution in [2.75, 3.05) is 20.1 Å². The van der Waals surface area contributed by atoms with Gasteiger partial charge in [-0.25, -0.2) is 9.97 Å². The van der Waals surface area contributed by atoms with E-state index in [1.165, 1.54) is 19.4 Å². The van der Waals surface area contributed by atoms with E-state index >= 15 is 0 Å². The molecule has 1 aliphatic rings. The molecule has 0 bridgehead atoms. The minimum absolute atomic E-state index is 0.0569. The maximum atomic E-state index is 11.4. The highest BCUT2D eigenvalue weighted by Gasteiger charge is 2.24. The Bertz CT molecular complexity index is 515. The second kappa shape index (κ2) is 7.68. The number of piperidine rings is 1. The molecule has 2 rings (SSSR count). The number of nitrogens with zero attached hydrogens (tertiary/aromatic N) is 3. The average Bonchev–Trinajstić information content (AvgIpc) is 2.52. The molecule has 1 amide bonds. The number of carbonyl (C=O) groups excluding carboxylic acids is 1. The highest BCUT2D eigenvalue weighted by atomic mass is 16.1. The molecular formula is C17H28N4O. The topological polar surface area (TPSA) is 58.1 Å². The minimum Gasteiger partial charge on any atom is -0.359 e. The molecule has 122 valence electrons. The molecule has 1 atom stereocenters. The summed E-state index contributed by atoms with van der Waals surface area (Å²) in [7, 11) is 1.67. The maximum absolute atomic E-state index is 11.4. The molecule has 2 heterocycles. The van der Waals surface area contributed by atoms with Crippen molar-refractivity contribution >= 4 is 5.91 Å². The molecule has 1 saturated heterocycles. The van der Waals surface area contributed by atoms with Gasteiger partial charge in [-0.1, -0.05) is 0 Å². The number of amides is 1. The van der Waals surface area contributed by atoms with Gasteiger partial charge in [-0.2, -0.15) is 0 Å². The van der Waals surface area contributed by atoms with E-state index < -0.39 is 0 Å². The van der Waals surface area contributed by atoms with Crippen LogP contribution in [-0.2, 0) is 11.2 Å². The smallest absolute Gasteiger partial charge is 0.220 e. The van der Waals surface area contributed by atoms with E-state index in [9.17, 15) is 4.79 Å². The van der Waals surface area contributed by atoms with Gasteiger partial charge in [-0.15, -0.1) is 0 Å². The van der Waals surface area contributed by atoms with Crippen molar-refractivity contribution in [3.8, 4) is 0 Å². The zero-order valence-corrected chi connectivity index (χ0v) is 14.2. The van der Waals surface area contributed by atoms with Gasteiger partial charge in [0.2, 0.25) is 5.91 Å². The van der Waals surface area contributed by atoms with Crippen LogP contribution in [0.3, 0.4) is 0 Å². The fourth-order valence-electron chi connectivity index (χ4n) is 3.08. The second-order valence-electron chi connectivity index (χ2n) is 6.43. The summed E-state index contributed by atoms with van der Waals surface area (Å²) in [5.41, 5.74) is 2.12. The van der Waals surface area contributed by atoms with E-state index in [2.05, 4.69) is 40.1 Å². The second-order valence-corrected chi connectivity index (χ2v) is 6.43. The van der Waals surface area contributed by atoms with Gasteiger partial charge in [-0.05, 0) is 52.6 Å². The molecule has 0 unspecified atom stereocenters. The first-order valence-corrected chi connectivity index (χ1v) is 8.28. The fourth-order valence-corrected chi connectivity index (χ4v) is 3.08. The molecule has 5 heteroatoms. The van der Waals surface area contributed by atoms with Crippen molar-refractivity contribution in [3.05, 3.63) is 23.3 Å². The van der Waals surface area contributed by atoms with E-state index in [1.54, 1.807) is 7.05 Å². The monoisotopic (exact) mass is 304 g/mol. The first-order valence-electron chi connectivity index (χ1n) is 8.28. The summed E-state index contributed by atoms with van der Waals surface area (Å²) in [6, 6.07) is 2.68. The quantitative estimate of drug-likeness (QED) is 0.904. The number of rotatable bonds is 5. The van der Waals surface area contributed by atoms with Crippen molar-refractivity contribution in [2.45, 2.75) is 58.4 Å². The Morgan fingerprint density at radius 1 is 1.45 bits per heavy atom. The first kappa shape index (κ1) is 16.9. The highest BCUT2D eigenvalue weighted by molar-refractivity contribution is 5.75. The summed E-state index contributed by atoms with van der Waals surface area (Å²) in [6.07, 6.45) is 3.57. The highest BCUT2D eigenvalue weighted by Crippen LogP contribution is 2.27. The number of aryl methyl sites for hydroxylation is 2. The van der Waals surface area contributed by atoms with Crippen molar-refractivity contribution in [1.82, 2.24) is 20.2 Å². The van der Waals surface area contributed by atoms with Gasteiger partial charge in [-0.3, -0.25) is 4.79 Å². The van der Waals surface area contributed by atoms with Gasteiger partial charge in [0.15, 0.2) is 0 Å². The molecule has 0 radical (unpaired) electrons. The van der Waals surface area contributed by atoms with Crippen molar-refractivity contribution < 1.29 is 4.79 Å². The van der Waals surface area contributed by atoms with Crippen LogP contribution in [0, 0.1) is 6.92 Å². The average molecular weight is 304 g/mol. The van der Waals surface area contributed by atoms with Gasteiger partial charge in [0.25, 0.3) is 0 Å². The normalized spacial score (nSPS) is 19.4. The number of likely N-dealkylation sites (tertiary alicyclic amines) is 1. The van der Waals surface area contributed by atoms with E-state index in [1.807, 2.05) is 6.92 Å². The van der Waals surface area contributed by atoms with Crippen LogP contribution in [0.1, 0.15) is 56.2 Å². The number of hydrogen-bond acceptors (Lipinski definition) is 4. The van der Waals surface area contributed by atoms with Gasteiger partial charge in [0.05, 0.1) is 0 Å². The molecule has 1 N–H and O–H groups in total. The fraction of sp³-hybridized carbons (Fsp3) is 0.706. The Morgan fingerprint density at radius 3 is 2.91 bits per heavy atom. The van der Waals surface area contributed by atoms with Crippen LogP contribution < -0.4 is 5.32 Å². The predicted octanol–water partition coefficient (Wildman–Crippen LogP) is 2.05. The van der Waals surface area contributed by atoms with E-state index in [-0.39, 0.29) is 5.91 Å². The molecular weight excluding hydrogens is 276 g/mol. The molecule has 1 fully saturated rings. The van der Waals surface area contributed by atoms with E-state index in [0.29, 0.717) is 24.8 Å². The van der Waals surface area contributed by atoms with Gasteiger partial charge >= 0.3 is 0 Å². The number of hydrogen-bond donors (Lipinski definition) is 1. The molecule has 0 saturated carbocycles. The first-order chi connectivity index (χ1) is 10.5. The molecule has 1 aliphatic heterocycles. The Hall–Kier alpha value is -1.49. The SMILES string of the molecule is CNC(=O)CCc1cc([C@@H]2CCCN(C(C)C)C2)nc(C)n1. The van der Waals surface area contributed by atoms with Gasteiger partial charge in [0, 0.05) is 43.4 Å². The summed E-state index contributed by atoms with van der Waals surface area (Å²) < 4.78 is 0. The summed E-state index contributed by atoms with van der Waals surface area (Å²) in [5, 5.41) is 2.66. The third-order valence-electron chi connectivity index (χ3n) is 4.40. The zero-order valence-electron chi connectivity index (χ0n) is 14.2. The van der Waals surface area contributed by atoms with Crippen LogP contribution in [-0.4, -0.2) is 47.0 Å². The molecule has 0 aliphatic carbocycles. The number of carbonyl (C=O) groups is 1. The Kier molecular flexibility index (Phi) is 5.89. The lowest BCUT2D eigenvalue weighted by molar-refractivity contribution is -0.120. The molecule has 22 heavy (non-hydrogen) atoms. The zero-order chi connectivity index (χ0) is 16.1. The number of nitrogens with one attached hydrogen (secondary N) is 1. The maximum Gasteiger partial charge on any atom is 0.220 e. The largest absolute Gasteiger partial charge is 0.359 e. The molecule has 1 aromatic heterocycles. The lowest BCUT2D eigenvalue weighted by Gasteiger charge is -2.35. The third-order valence-corrected chi connectivity index (χ3v) is 4.40. The summed E-state index contributed by atoms with van der Waals surface area (Å²) in [4.78, 5) is 23.1. The van der Waals surface area contributed by atoms with Gasteiger partial charge in [0.1, 0.15) is 5.82 Å². The minimum atomic E-state index is 0.0569. The van der Waals surface area contributed by atoms with Crippen LogP contribution in [0.5, 0.6) is 0 Å². The van der Waals surface area contributed by atoms with Crippen LogP contribution in [0.4, 0.5) is 0 Å². The van der Waals surface area contributed by atoms with Crippen molar-refractivity contribution in [2.24, 2.45) is 0 Å². The van der Waals surface area contributed by atoms with E-state index in [0.717, 1.165) is 23.8 Å². The molecule has 0 spiro atoms. The Morgan fingerprint density at radius 2 is 2.23 bits per heavy atom. The lowest BCUT2D eigenvalue weighted by atomic mass is 9.93. The molecule has 1 aromatic rings. The Labute approximate surface area is 133 Å². The van der Waals surface area contributed by atoms with Crippen LogP contribution >= 0.6 is 0 Å². The van der Waals surface area contributed by atoms with Gasteiger partial charge < -0.3 is 10.2 Å². The summed E-state index contributed by atoms with van der Waals surface area (Å²) in [5.74, 6) is 1.35.